The van der Waals surface area contributed by atoms with Crippen LogP contribution >= 0.6 is 0 Å². The number of hydrogen-bond donors (Lipinski definition) is 2. The van der Waals surface area contributed by atoms with E-state index in [2.05, 4.69) is 0 Å². The number of rotatable bonds is 6. The van der Waals surface area contributed by atoms with Crippen LogP contribution in [0, 0.1) is 5.82 Å². The Balaban J connectivity index is 2.84. The molecule has 0 saturated heterocycles. The van der Waals surface area contributed by atoms with Gasteiger partial charge in [0.05, 0.1) is 12.3 Å². The van der Waals surface area contributed by atoms with Gasteiger partial charge in [-0.05, 0) is 19.1 Å². The van der Waals surface area contributed by atoms with Crippen molar-refractivity contribution in [2.24, 2.45) is 0 Å². The molecule has 0 aromatic heterocycles. The lowest BCUT2D eigenvalue weighted by atomic mass is 10.1. The van der Waals surface area contributed by atoms with Crippen LogP contribution in [0.2, 0.25) is 0 Å². The fourth-order valence-electron chi connectivity index (χ4n) is 1.27. The summed E-state index contributed by atoms with van der Waals surface area (Å²) in [7, 11) is 0. The van der Waals surface area contributed by atoms with Gasteiger partial charge >= 0.3 is 5.97 Å². The highest BCUT2D eigenvalue weighted by Crippen LogP contribution is 2.27. The number of hydrogen-bond acceptors (Lipinski definition) is 4. The predicted octanol–water partition coefficient (Wildman–Crippen LogP) is 1.52. The summed E-state index contributed by atoms with van der Waals surface area (Å²) in [5.41, 5.74) is 4.56. The van der Waals surface area contributed by atoms with Crippen molar-refractivity contribution in [3.05, 3.63) is 23.5 Å². The summed E-state index contributed by atoms with van der Waals surface area (Å²) in [6.07, 6.45) is 0. The molecule has 6 heteroatoms. The number of carboxylic acids is 1. The third kappa shape index (κ3) is 3.32. The molecule has 3 N–H and O–H groups in total. The van der Waals surface area contributed by atoms with Gasteiger partial charge in [0.1, 0.15) is 23.7 Å². The van der Waals surface area contributed by atoms with Crippen molar-refractivity contribution in [2.45, 2.75) is 6.92 Å². The summed E-state index contributed by atoms with van der Waals surface area (Å²) < 4.78 is 23.3. The van der Waals surface area contributed by atoms with E-state index in [1.165, 1.54) is 6.07 Å². The second-order valence-corrected chi connectivity index (χ2v) is 3.18. The molecule has 17 heavy (non-hydrogen) atoms. The standard InChI is InChI=1S/C11H14FNO4/c1-2-16-5-6-17-8-4-3-7(12)10(13)9(8)11(14)15/h3-4H,2,5-6,13H2,1H3,(H,14,15). The van der Waals surface area contributed by atoms with Crippen molar-refractivity contribution in [3.8, 4) is 5.75 Å². The van der Waals surface area contributed by atoms with Crippen LogP contribution in [0.5, 0.6) is 5.75 Å². The van der Waals surface area contributed by atoms with Crippen LogP contribution < -0.4 is 10.5 Å². The normalized spacial score (nSPS) is 10.2. The Morgan fingerprint density at radius 2 is 2.18 bits per heavy atom. The van der Waals surface area contributed by atoms with E-state index in [0.717, 1.165) is 6.07 Å². The van der Waals surface area contributed by atoms with Crippen LogP contribution in [0.3, 0.4) is 0 Å². The average Bonchev–Trinajstić information content (AvgIpc) is 2.28. The molecular weight excluding hydrogens is 229 g/mol. The zero-order valence-corrected chi connectivity index (χ0v) is 9.40. The Labute approximate surface area is 97.9 Å². The van der Waals surface area contributed by atoms with Gasteiger partial charge < -0.3 is 20.3 Å². The van der Waals surface area contributed by atoms with E-state index in [4.69, 9.17) is 20.3 Å². The first-order valence-electron chi connectivity index (χ1n) is 5.09. The number of nitrogens with two attached hydrogens (primary N) is 1. The summed E-state index contributed by atoms with van der Waals surface area (Å²) in [5.74, 6) is -2.07. The maximum atomic E-state index is 13.1. The molecular formula is C11H14FNO4. The molecule has 0 amide bonds. The molecule has 0 atom stereocenters. The highest BCUT2D eigenvalue weighted by Gasteiger charge is 2.18. The van der Waals surface area contributed by atoms with E-state index >= 15 is 0 Å². The summed E-state index contributed by atoms with van der Waals surface area (Å²) in [4.78, 5) is 10.9. The molecule has 5 nitrogen and oxygen atoms in total. The zero-order chi connectivity index (χ0) is 12.8. The number of carboxylic acid groups (broad SMARTS) is 1. The Morgan fingerprint density at radius 1 is 1.47 bits per heavy atom. The number of anilines is 1. The molecule has 0 saturated carbocycles. The number of ether oxygens (including phenoxy) is 2. The fourth-order valence-corrected chi connectivity index (χ4v) is 1.27. The average molecular weight is 243 g/mol. The number of benzene rings is 1. The molecule has 0 spiro atoms. The van der Waals surface area contributed by atoms with Crippen LogP contribution in [0.15, 0.2) is 12.1 Å². The van der Waals surface area contributed by atoms with Gasteiger partial charge in [-0.25, -0.2) is 9.18 Å². The zero-order valence-electron chi connectivity index (χ0n) is 9.40. The Hall–Kier alpha value is -1.82. The SMILES string of the molecule is CCOCCOc1ccc(F)c(N)c1C(=O)O. The molecule has 0 fully saturated rings. The van der Waals surface area contributed by atoms with Crippen molar-refractivity contribution >= 4 is 11.7 Å². The topological polar surface area (TPSA) is 81.8 Å². The lowest BCUT2D eigenvalue weighted by molar-refractivity contribution is 0.0687. The van der Waals surface area contributed by atoms with Crippen molar-refractivity contribution in [1.82, 2.24) is 0 Å². The molecule has 0 unspecified atom stereocenters. The first-order chi connectivity index (χ1) is 8.07. The van der Waals surface area contributed by atoms with Gasteiger partial charge in [0.2, 0.25) is 0 Å². The molecule has 0 aliphatic rings. The summed E-state index contributed by atoms with van der Waals surface area (Å²) >= 11 is 0. The molecule has 0 heterocycles. The predicted molar refractivity (Wildman–Crippen MR) is 59.8 cm³/mol. The van der Waals surface area contributed by atoms with Crippen molar-refractivity contribution < 1.29 is 23.8 Å². The van der Waals surface area contributed by atoms with E-state index in [0.29, 0.717) is 13.2 Å². The van der Waals surface area contributed by atoms with E-state index in [1.54, 1.807) is 0 Å². The van der Waals surface area contributed by atoms with E-state index in [1.807, 2.05) is 6.92 Å². The van der Waals surface area contributed by atoms with E-state index < -0.39 is 17.5 Å². The highest BCUT2D eigenvalue weighted by molar-refractivity contribution is 5.96. The Bertz CT molecular complexity index is 409. The monoisotopic (exact) mass is 243 g/mol. The van der Waals surface area contributed by atoms with Gasteiger partial charge in [0, 0.05) is 6.61 Å². The molecule has 1 aromatic rings. The Morgan fingerprint density at radius 3 is 2.76 bits per heavy atom. The van der Waals surface area contributed by atoms with Crippen LogP contribution in [-0.2, 0) is 4.74 Å². The van der Waals surface area contributed by atoms with E-state index in [9.17, 15) is 9.18 Å². The molecule has 1 aromatic carbocycles. The lowest BCUT2D eigenvalue weighted by Crippen LogP contribution is -2.12. The first kappa shape index (κ1) is 13.2. The second kappa shape index (κ2) is 6.05. The fraction of sp³-hybridized carbons (Fsp3) is 0.364. The van der Waals surface area contributed by atoms with Crippen LogP contribution in [0.4, 0.5) is 10.1 Å². The molecule has 0 aliphatic heterocycles. The largest absolute Gasteiger partial charge is 0.490 e. The van der Waals surface area contributed by atoms with Crippen LogP contribution in [0.25, 0.3) is 0 Å². The number of aromatic carboxylic acids is 1. The smallest absolute Gasteiger partial charge is 0.341 e. The first-order valence-corrected chi connectivity index (χ1v) is 5.09. The second-order valence-electron chi connectivity index (χ2n) is 3.18. The van der Waals surface area contributed by atoms with Gasteiger partial charge in [0.25, 0.3) is 0 Å². The summed E-state index contributed by atoms with van der Waals surface area (Å²) in [6, 6.07) is 2.30. The van der Waals surface area contributed by atoms with Gasteiger partial charge in [-0.15, -0.1) is 0 Å². The minimum Gasteiger partial charge on any atom is -0.490 e. The molecule has 0 radical (unpaired) electrons. The van der Waals surface area contributed by atoms with E-state index in [-0.39, 0.29) is 17.9 Å². The van der Waals surface area contributed by atoms with Crippen molar-refractivity contribution in [2.75, 3.05) is 25.6 Å². The van der Waals surface area contributed by atoms with Crippen LogP contribution in [-0.4, -0.2) is 30.9 Å². The molecule has 1 rings (SSSR count). The molecule has 0 bridgehead atoms. The van der Waals surface area contributed by atoms with Gasteiger partial charge in [-0.3, -0.25) is 0 Å². The van der Waals surface area contributed by atoms with Gasteiger partial charge in [-0.2, -0.15) is 0 Å². The Kier molecular flexibility index (Phi) is 4.71. The minimum atomic E-state index is -1.33. The minimum absolute atomic E-state index is 0.0381. The van der Waals surface area contributed by atoms with Gasteiger partial charge in [-0.1, -0.05) is 0 Å². The van der Waals surface area contributed by atoms with Crippen LogP contribution in [0.1, 0.15) is 17.3 Å². The quantitative estimate of drug-likeness (QED) is 0.584. The lowest BCUT2D eigenvalue weighted by Gasteiger charge is -2.11. The maximum absolute atomic E-state index is 13.1. The van der Waals surface area contributed by atoms with Crippen molar-refractivity contribution in [1.29, 1.82) is 0 Å². The number of carbonyl (C=O) groups is 1. The maximum Gasteiger partial charge on any atom is 0.341 e. The molecule has 94 valence electrons. The third-order valence-corrected chi connectivity index (χ3v) is 2.06. The van der Waals surface area contributed by atoms with Crippen molar-refractivity contribution in [3.63, 3.8) is 0 Å². The highest BCUT2D eigenvalue weighted by atomic mass is 19.1. The third-order valence-electron chi connectivity index (χ3n) is 2.06. The molecule has 0 aliphatic carbocycles. The number of nitrogen functional groups attached to an aromatic ring is 1. The van der Waals surface area contributed by atoms with Gasteiger partial charge in [0.15, 0.2) is 0 Å². The summed E-state index contributed by atoms with van der Waals surface area (Å²) in [6.45, 7) is 2.88. The number of halogens is 1. The summed E-state index contributed by atoms with van der Waals surface area (Å²) in [5, 5.41) is 8.92.